The number of rotatable bonds is 7. The third-order valence-electron chi connectivity index (χ3n) is 4.70. The van der Waals surface area contributed by atoms with Crippen LogP contribution in [0.15, 0.2) is 69.7 Å². The van der Waals surface area contributed by atoms with E-state index in [0.29, 0.717) is 17.9 Å². The van der Waals surface area contributed by atoms with Crippen LogP contribution in [0.4, 0.5) is 5.95 Å². The molecule has 5 rings (SSSR count). The minimum absolute atomic E-state index is 0.227. The molecule has 0 saturated heterocycles. The van der Waals surface area contributed by atoms with Gasteiger partial charge in [0.1, 0.15) is 16.9 Å². The lowest BCUT2D eigenvalue weighted by Crippen LogP contribution is -2.14. The van der Waals surface area contributed by atoms with Gasteiger partial charge in [0, 0.05) is 16.7 Å². The molecule has 32 heavy (non-hydrogen) atoms. The summed E-state index contributed by atoms with van der Waals surface area (Å²) in [5.41, 5.74) is 2.56. The smallest absolute Gasteiger partial charge is 0.294 e. The SMILES string of the molecule is Cc1nnc(SCc2c(C(=O)Nc3ncn(Cc4ccccc4)n3)oc3ccccc23)s1. The largest absolute Gasteiger partial charge is 0.451 e. The molecule has 8 nitrogen and oxygen atoms in total. The van der Waals surface area contributed by atoms with Crippen molar-refractivity contribution in [2.24, 2.45) is 0 Å². The molecule has 0 saturated carbocycles. The first-order valence-corrected chi connectivity index (χ1v) is 11.6. The van der Waals surface area contributed by atoms with Gasteiger partial charge < -0.3 is 4.42 Å². The van der Waals surface area contributed by atoms with Crippen LogP contribution in [0.3, 0.4) is 0 Å². The number of para-hydroxylation sites is 1. The zero-order chi connectivity index (χ0) is 21.9. The van der Waals surface area contributed by atoms with Gasteiger partial charge in [-0.05, 0) is 18.6 Å². The summed E-state index contributed by atoms with van der Waals surface area (Å²) in [6.45, 7) is 2.48. The van der Waals surface area contributed by atoms with Crippen LogP contribution in [-0.4, -0.2) is 30.9 Å². The number of hydrogen-bond donors (Lipinski definition) is 1. The second-order valence-corrected chi connectivity index (χ2v) is 9.39. The number of amides is 1. The zero-order valence-corrected chi connectivity index (χ0v) is 18.7. The summed E-state index contributed by atoms with van der Waals surface area (Å²) in [5.74, 6) is 0.622. The number of benzene rings is 2. The Morgan fingerprint density at radius 3 is 2.75 bits per heavy atom. The average Bonchev–Trinajstić information content (AvgIpc) is 3.52. The summed E-state index contributed by atoms with van der Waals surface area (Å²) < 4.78 is 8.44. The van der Waals surface area contributed by atoms with Crippen LogP contribution >= 0.6 is 23.1 Å². The summed E-state index contributed by atoms with van der Waals surface area (Å²) in [7, 11) is 0. The number of carbonyl (C=O) groups is 1. The summed E-state index contributed by atoms with van der Waals surface area (Å²) in [6, 6.07) is 17.5. The van der Waals surface area contributed by atoms with Gasteiger partial charge >= 0.3 is 0 Å². The molecule has 0 spiro atoms. The highest BCUT2D eigenvalue weighted by molar-refractivity contribution is 8.00. The van der Waals surface area contributed by atoms with Gasteiger partial charge in [-0.1, -0.05) is 71.6 Å². The van der Waals surface area contributed by atoms with Gasteiger partial charge in [-0.3, -0.25) is 10.1 Å². The molecule has 2 aromatic carbocycles. The molecule has 0 aliphatic rings. The van der Waals surface area contributed by atoms with Crippen LogP contribution < -0.4 is 5.32 Å². The van der Waals surface area contributed by atoms with Gasteiger partial charge in [0.25, 0.3) is 5.91 Å². The van der Waals surface area contributed by atoms with Crippen molar-refractivity contribution in [3.05, 3.63) is 82.8 Å². The van der Waals surface area contributed by atoms with Crippen molar-refractivity contribution in [2.45, 2.75) is 23.6 Å². The summed E-state index contributed by atoms with van der Waals surface area (Å²) in [6.07, 6.45) is 1.59. The van der Waals surface area contributed by atoms with E-state index in [-0.39, 0.29) is 17.6 Å². The lowest BCUT2D eigenvalue weighted by atomic mass is 10.1. The quantitative estimate of drug-likeness (QED) is 0.348. The number of fused-ring (bicyclic) bond motifs is 1. The molecule has 5 aromatic rings. The molecule has 1 amide bonds. The predicted molar refractivity (Wildman–Crippen MR) is 124 cm³/mol. The first-order valence-electron chi connectivity index (χ1n) is 9.84. The van der Waals surface area contributed by atoms with Gasteiger partial charge in [-0.2, -0.15) is 0 Å². The van der Waals surface area contributed by atoms with Gasteiger partial charge in [0.15, 0.2) is 10.1 Å². The number of thioether (sulfide) groups is 1. The van der Waals surface area contributed by atoms with Gasteiger partial charge in [-0.15, -0.1) is 15.3 Å². The molecular formula is C22H18N6O2S2. The van der Waals surface area contributed by atoms with Crippen LogP contribution in [-0.2, 0) is 12.3 Å². The number of furan rings is 1. The van der Waals surface area contributed by atoms with Crippen LogP contribution in [0.1, 0.15) is 26.7 Å². The van der Waals surface area contributed by atoms with E-state index in [0.717, 1.165) is 25.9 Å². The first kappa shape index (κ1) is 20.4. The van der Waals surface area contributed by atoms with Gasteiger partial charge in [0.2, 0.25) is 5.95 Å². The fourth-order valence-electron chi connectivity index (χ4n) is 3.25. The third-order valence-corrected chi connectivity index (χ3v) is 6.70. The topological polar surface area (TPSA) is 98.7 Å². The molecule has 0 aliphatic heterocycles. The zero-order valence-electron chi connectivity index (χ0n) is 17.1. The van der Waals surface area contributed by atoms with Crippen molar-refractivity contribution in [3.63, 3.8) is 0 Å². The molecule has 3 aromatic heterocycles. The van der Waals surface area contributed by atoms with Crippen LogP contribution in [0.2, 0.25) is 0 Å². The number of hydrogen-bond acceptors (Lipinski definition) is 8. The summed E-state index contributed by atoms with van der Waals surface area (Å²) in [5, 5.41) is 17.1. The molecule has 1 N–H and O–H groups in total. The van der Waals surface area contributed by atoms with Crippen molar-refractivity contribution in [1.29, 1.82) is 0 Å². The van der Waals surface area contributed by atoms with Crippen LogP contribution in [0, 0.1) is 6.92 Å². The maximum absolute atomic E-state index is 13.1. The molecule has 160 valence electrons. The Balaban J connectivity index is 1.36. The number of nitrogens with one attached hydrogen (secondary N) is 1. The van der Waals surface area contributed by atoms with E-state index < -0.39 is 0 Å². The standard InChI is InChI=1S/C22H18N6O2S2/c1-14-25-26-22(32-14)31-12-17-16-9-5-6-10-18(16)30-19(17)20(29)24-21-23-13-28(27-21)11-15-7-3-2-4-8-15/h2-10,13H,11-12H2,1H3,(H,24,27,29). The molecule has 3 heterocycles. The van der Waals surface area contributed by atoms with Crippen molar-refractivity contribution in [3.8, 4) is 0 Å². The van der Waals surface area contributed by atoms with Gasteiger partial charge in [-0.25, -0.2) is 9.67 Å². The Bertz CT molecular complexity index is 1380. The molecule has 0 aliphatic carbocycles. The van der Waals surface area contributed by atoms with E-state index in [4.69, 9.17) is 4.42 Å². The van der Waals surface area contributed by atoms with E-state index in [1.807, 2.05) is 61.5 Å². The average molecular weight is 463 g/mol. The van der Waals surface area contributed by atoms with E-state index in [1.54, 1.807) is 11.0 Å². The Hall–Kier alpha value is -3.50. The highest BCUT2D eigenvalue weighted by Crippen LogP contribution is 2.33. The number of aryl methyl sites for hydroxylation is 1. The molecule has 0 bridgehead atoms. The Morgan fingerprint density at radius 2 is 1.94 bits per heavy atom. The molecular weight excluding hydrogens is 444 g/mol. The summed E-state index contributed by atoms with van der Waals surface area (Å²) in [4.78, 5) is 17.3. The minimum Gasteiger partial charge on any atom is -0.451 e. The molecule has 0 radical (unpaired) electrons. The van der Waals surface area contributed by atoms with E-state index in [1.165, 1.54) is 23.1 Å². The van der Waals surface area contributed by atoms with Crippen LogP contribution in [0.25, 0.3) is 11.0 Å². The van der Waals surface area contributed by atoms with Crippen molar-refractivity contribution in [2.75, 3.05) is 5.32 Å². The highest BCUT2D eigenvalue weighted by atomic mass is 32.2. The normalized spacial score (nSPS) is 11.2. The second-order valence-electron chi connectivity index (χ2n) is 6.99. The number of carbonyl (C=O) groups excluding carboxylic acids is 1. The Labute approximate surface area is 191 Å². The Morgan fingerprint density at radius 1 is 1.12 bits per heavy atom. The third kappa shape index (κ3) is 4.41. The van der Waals surface area contributed by atoms with Gasteiger partial charge in [0.05, 0.1) is 6.54 Å². The number of aromatic nitrogens is 5. The monoisotopic (exact) mass is 462 g/mol. The maximum atomic E-state index is 13.1. The maximum Gasteiger partial charge on any atom is 0.294 e. The van der Waals surface area contributed by atoms with E-state index in [2.05, 4.69) is 25.6 Å². The lowest BCUT2D eigenvalue weighted by molar-refractivity contribution is 0.0997. The fraction of sp³-hybridized carbons (Fsp3) is 0.136. The molecule has 0 unspecified atom stereocenters. The fourth-order valence-corrected chi connectivity index (χ4v) is 5.10. The Kier molecular flexibility index (Phi) is 5.70. The predicted octanol–water partition coefficient (Wildman–Crippen LogP) is 4.78. The van der Waals surface area contributed by atoms with Crippen molar-refractivity contribution in [1.82, 2.24) is 25.0 Å². The lowest BCUT2D eigenvalue weighted by Gasteiger charge is -2.02. The second kappa shape index (κ2) is 8.93. The minimum atomic E-state index is -0.386. The van der Waals surface area contributed by atoms with E-state index in [9.17, 15) is 4.79 Å². The van der Waals surface area contributed by atoms with Crippen LogP contribution in [0.5, 0.6) is 0 Å². The molecule has 0 fully saturated rings. The number of nitrogens with zero attached hydrogens (tertiary/aromatic N) is 5. The van der Waals surface area contributed by atoms with Crippen molar-refractivity contribution >= 4 is 45.9 Å². The van der Waals surface area contributed by atoms with E-state index >= 15 is 0 Å². The molecule has 10 heteroatoms. The summed E-state index contributed by atoms with van der Waals surface area (Å²) >= 11 is 3.05. The first-order chi connectivity index (χ1) is 15.7. The molecule has 0 atom stereocenters. The highest BCUT2D eigenvalue weighted by Gasteiger charge is 2.22. The van der Waals surface area contributed by atoms with Crippen molar-refractivity contribution < 1.29 is 9.21 Å². The number of anilines is 1.